The molecule has 1 aliphatic rings. The van der Waals surface area contributed by atoms with Crippen molar-refractivity contribution in [2.45, 2.75) is 6.92 Å². The van der Waals surface area contributed by atoms with Crippen LogP contribution in [0.15, 0.2) is 103 Å². The van der Waals surface area contributed by atoms with E-state index in [1.807, 2.05) is 0 Å². The Morgan fingerprint density at radius 2 is 1.00 bits per heavy atom. The smallest absolute Gasteiger partial charge is 0.00143 e. The molecule has 0 bridgehead atoms. The molecule has 0 saturated heterocycles. The normalized spacial score (nSPS) is 11.8. The van der Waals surface area contributed by atoms with E-state index in [2.05, 4.69) is 110 Å². The van der Waals surface area contributed by atoms with E-state index in [-0.39, 0.29) is 0 Å². The maximum absolute atomic E-state index is 2.29. The second-order valence-corrected chi connectivity index (χ2v) is 7.08. The van der Waals surface area contributed by atoms with Crippen molar-refractivity contribution >= 4 is 11.1 Å². The Kier molecular flexibility index (Phi) is 3.76. The number of benzene rings is 4. The third kappa shape index (κ3) is 2.62. The van der Waals surface area contributed by atoms with E-state index >= 15 is 0 Å². The van der Waals surface area contributed by atoms with Crippen LogP contribution < -0.4 is 0 Å². The lowest BCUT2D eigenvalue weighted by molar-refractivity contribution is 1.44. The minimum absolute atomic E-state index is 1.25. The Bertz CT molecular complexity index is 1120. The van der Waals surface area contributed by atoms with Gasteiger partial charge in [0.2, 0.25) is 0 Å². The predicted octanol–water partition coefficient (Wildman–Crippen LogP) is 6.98. The van der Waals surface area contributed by atoms with Gasteiger partial charge in [-0.1, -0.05) is 109 Å². The van der Waals surface area contributed by atoms with Crippen molar-refractivity contribution in [3.05, 3.63) is 131 Å². The van der Waals surface area contributed by atoms with E-state index in [1.165, 1.54) is 50.1 Å². The first kappa shape index (κ1) is 15.8. The minimum Gasteiger partial charge on any atom is -0.0622 e. The van der Waals surface area contributed by atoms with Crippen LogP contribution in [0.5, 0.6) is 0 Å². The zero-order valence-corrected chi connectivity index (χ0v) is 15.3. The van der Waals surface area contributed by atoms with Crippen LogP contribution in [0.1, 0.15) is 27.8 Å². The molecule has 0 fully saturated rings. The molecular formula is C27H20. The maximum Gasteiger partial charge on any atom is -0.00143 e. The zero-order chi connectivity index (χ0) is 18.2. The molecule has 27 heavy (non-hydrogen) atoms. The van der Waals surface area contributed by atoms with Crippen LogP contribution in [0, 0.1) is 6.92 Å². The molecule has 0 heterocycles. The van der Waals surface area contributed by atoms with Gasteiger partial charge in [-0.15, -0.1) is 0 Å². The predicted molar refractivity (Wildman–Crippen MR) is 115 cm³/mol. The molecule has 0 N–H and O–H groups in total. The molecular weight excluding hydrogens is 324 g/mol. The van der Waals surface area contributed by atoms with Gasteiger partial charge >= 0.3 is 0 Å². The summed E-state index contributed by atoms with van der Waals surface area (Å²) in [6, 6.07) is 37.1. The van der Waals surface area contributed by atoms with E-state index in [9.17, 15) is 0 Å². The third-order valence-electron chi connectivity index (χ3n) is 5.30. The van der Waals surface area contributed by atoms with E-state index in [4.69, 9.17) is 0 Å². The van der Waals surface area contributed by atoms with E-state index < -0.39 is 0 Å². The summed E-state index contributed by atoms with van der Waals surface area (Å²) in [5, 5.41) is 0. The molecule has 0 heteroatoms. The number of fused-ring (bicyclic) bond motifs is 3. The Balaban J connectivity index is 1.93. The highest BCUT2D eigenvalue weighted by molar-refractivity contribution is 6.13. The van der Waals surface area contributed by atoms with Crippen LogP contribution in [0.2, 0.25) is 0 Å². The van der Waals surface area contributed by atoms with Gasteiger partial charge in [-0.05, 0) is 51.5 Å². The zero-order valence-electron chi connectivity index (χ0n) is 15.3. The van der Waals surface area contributed by atoms with Gasteiger partial charge in [0.05, 0.1) is 0 Å². The number of aryl methyl sites for hydroxylation is 1. The molecule has 0 aliphatic heterocycles. The molecule has 0 aromatic heterocycles. The van der Waals surface area contributed by atoms with Gasteiger partial charge in [-0.2, -0.15) is 0 Å². The standard InChI is InChI=1S/C27H20/c1-19-10-9-13-21(18-19)26(20-11-3-2-4-12-20)27-24-16-7-5-14-22(24)23-15-6-8-17-25(23)27/h2-18H,1H3. The van der Waals surface area contributed by atoms with Crippen molar-refractivity contribution in [1.82, 2.24) is 0 Å². The topological polar surface area (TPSA) is 0 Å². The van der Waals surface area contributed by atoms with Crippen LogP contribution in [0.4, 0.5) is 0 Å². The highest BCUT2D eigenvalue weighted by Crippen LogP contribution is 2.48. The van der Waals surface area contributed by atoms with Gasteiger partial charge in [0, 0.05) is 0 Å². The van der Waals surface area contributed by atoms with Gasteiger partial charge in [-0.25, -0.2) is 0 Å². The van der Waals surface area contributed by atoms with Gasteiger partial charge in [-0.3, -0.25) is 0 Å². The van der Waals surface area contributed by atoms with Crippen molar-refractivity contribution in [2.24, 2.45) is 0 Å². The molecule has 1 aliphatic carbocycles. The quantitative estimate of drug-likeness (QED) is 0.324. The SMILES string of the molecule is Cc1cccc(C(=C2c3ccccc3-c3ccccc32)c2ccccc2)c1. The highest BCUT2D eigenvalue weighted by atomic mass is 14.3. The molecule has 4 aromatic carbocycles. The average molecular weight is 344 g/mol. The largest absolute Gasteiger partial charge is 0.0622 e. The highest BCUT2D eigenvalue weighted by Gasteiger charge is 2.26. The van der Waals surface area contributed by atoms with Crippen LogP contribution >= 0.6 is 0 Å². The molecule has 0 radical (unpaired) electrons. The Morgan fingerprint density at radius 1 is 0.481 bits per heavy atom. The maximum atomic E-state index is 2.29. The summed E-state index contributed by atoms with van der Waals surface area (Å²) in [4.78, 5) is 0. The summed E-state index contributed by atoms with van der Waals surface area (Å²) in [7, 11) is 0. The second kappa shape index (κ2) is 6.41. The summed E-state index contributed by atoms with van der Waals surface area (Å²) < 4.78 is 0. The lowest BCUT2D eigenvalue weighted by Gasteiger charge is -2.15. The van der Waals surface area contributed by atoms with Gasteiger partial charge in [0.15, 0.2) is 0 Å². The summed E-state index contributed by atoms with van der Waals surface area (Å²) >= 11 is 0. The molecule has 0 spiro atoms. The van der Waals surface area contributed by atoms with Crippen molar-refractivity contribution in [2.75, 3.05) is 0 Å². The van der Waals surface area contributed by atoms with Crippen LogP contribution in [-0.2, 0) is 0 Å². The number of rotatable bonds is 2. The first-order chi connectivity index (χ1) is 13.3. The minimum atomic E-state index is 1.25. The Labute approximate surface area is 160 Å². The summed E-state index contributed by atoms with van der Waals surface area (Å²) in [6.07, 6.45) is 0. The first-order valence-corrected chi connectivity index (χ1v) is 9.39. The van der Waals surface area contributed by atoms with Crippen LogP contribution in [0.25, 0.3) is 22.3 Å². The molecule has 5 rings (SSSR count). The molecule has 0 nitrogen and oxygen atoms in total. The average Bonchev–Trinajstić information content (AvgIpc) is 3.04. The van der Waals surface area contributed by atoms with Crippen molar-refractivity contribution < 1.29 is 0 Å². The first-order valence-electron chi connectivity index (χ1n) is 9.39. The lowest BCUT2D eigenvalue weighted by atomic mass is 9.88. The fourth-order valence-corrected chi connectivity index (χ4v) is 4.15. The summed E-state index contributed by atoms with van der Waals surface area (Å²) in [6.45, 7) is 2.16. The van der Waals surface area contributed by atoms with Gasteiger partial charge in [0.25, 0.3) is 0 Å². The lowest BCUT2D eigenvalue weighted by Crippen LogP contribution is -1.95. The number of hydrogen-bond donors (Lipinski definition) is 0. The summed E-state index contributed by atoms with van der Waals surface area (Å²) in [5.41, 5.74) is 11.7. The fraction of sp³-hybridized carbons (Fsp3) is 0.0370. The van der Waals surface area contributed by atoms with E-state index in [1.54, 1.807) is 0 Å². The van der Waals surface area contributed by atoms with Gasteiger partial charge in [0.1, 0.15) is 0 Å². The Hall–Kier alpha value is -3.38. The molecule has 0 unspecified atom stereocenters. The van der Waals surface area contributed by atoms with E-state index in [0.29, 0.717) is 0 Å². The fourth-order valence-electron chi connectivity index (χ4n) is 4.15. The molecule has 0 saturated carbocycles. The van der Waals surface area contributed by atoms with Crippen molar-refractivity contribution in [3.63, 3.8) is 0 Å². The van der Waals surface area contributed by atoms with E-state index in [0.717, 1.165) is 0 Å². The van der Waals surface area contributed by atoms with Crippen molar-refractivity contribution in [1.29, 1.82) is 0 Å². The summed E-state index contributed by atoms with van der Waals surface area (Å²) in [5.74, 6) is 0. The second-order valence-electron chi connectivity index (χ2n) is 7.08. The third-order valence-corrected chi connectivity index (χ3v) is 5.30. The van der Waals surface area contributed by atoms with Crippen LogP contribution in [0.3, 0.4) is 0 Å². The molecule has 0 amide bonds. The molecule has 4 aromatic rings. The van der Waals surface area contributed by atoms with Crippen molar-refractivity contribution in [3.8, 4) is 11.1 Å². The number of hydrogen-bond acceptors (Lipinski definition) is 0. The monoisotopic (exact) mass is 344 g/mol. The van der Waals surface area contributed by atoms with Crippen LogP contribution in [-0.4, -0.2) is 0 Å². The molecule has 0 atom stereocenters. The Morgan fingerprint density at radius 3 is 1.59 bits per heavy atom. The molecule has 128 valence electrons. The van der Waals surface area contributed by atoms with Gasteiger partial charge < -0.3 is 0 Å².